The van der Waals surface area contributed by atoms with Crippen LogP contribution in [-0.2, 0) is 74.7 Å². The van der Waals surface area contributed by atoms with E-state index < -0.39 is 98.3 Å². The minimum atomic E-state index is -4.97. The molecule has 0 radical (unpaired) electrons. The normalized spacial score (nSPS) is 26.3. The number of hydrogen-bond donors (Lipinski definition) is 2. The lowest BCUT2D eigenvalue weighted by Crippen LogP contribution is -2.72. The molecular formula is C84H128ClF12N10O13P11. The van der Waals surface area contributed by atoms with Crippen molar-refractivity contribution in [1.82, 2.24) is 47.6 Å². The van der Waals surface area contributed by atoms with E-state index >= 15 is 0 Å². The van der Waals surface area contributed by atoms with Crippen molar-refractivity contribution in [3.63, 3.8) is 0 Å². The zero-order valence-electron chi connectivity index (χ0n) is 74.9. The molecule has 0 saturated carbocycles. The maximum absolute atomic E-state index is 14.2. The highest BCUT2D eigenvalue weighted by atomic mass is 35.5. The first-order valence-corrected chi connectivity index (χ1v) is 57.9. The average Bonchev–Trinajstić information content (AvgIpc) is 0.734. The standard InChI is InChI=1S/2C19H27F3N2O3P2.C18H26F3N2O3P3.C10H8ClF3O2.2C9H20N2OP2/c2*1-23-12-17(13-23,15-10-6-7-11-24(15)29-28)27-16(25)18(26-2,19(20,21)22)14-8-4-3-5-9-14;1-25-17(18(19,20)21,13-7-3-2-4-8-13)15(24)26-16(11-22(27)12-16)14-9-5-6-10-23(14)29-28;1-16-9(8(11)15,10(12,13)14)7-5-3-2-4-6-7;2*1-10-6-9(12,7-10)8-4-2-3-5-11(8)14-13/h2*3-5,8-9,15,29H,6-7,10-13,28H2,1-2H3;2-4,7-8,14,29H,5-6,9-12,27-28H2,1H3;2-6H,1H3;2*8,12,14H,2-7,13H2,1H3/t15-,18+;15-,18-;14?,17-;9-;2*8-/m100010/s1. The number of alkyl halides is 12. The van der Waals surface area contributed by atoms with Gasteiger partial charge in [-0.3, -0.25) is 42.6 Å². The molecule has 10 fully saturated rings. The first kappa shape index (κ1) is 113. The molecule has 0 aliphatic carbocycles. The maximum Gasteiger partial charge on any atom is 0.432 e. The number of ether oxygens (including phenoxy) is 7. The van der Waals surface area contributed by atoms with Crippen LogP contribution in [-0.4, -0.2) is 319 Å². The first-order chi connectivity index (χ1) is 61.8. The number of hydrogen-bond acceptors (Lipinski definition) is 23. The van der Waals surface area contributed by atoms with Crippen LogP contribution in [0.2, 0.25) is 0 Å². The molecule has 14 rings (SSSR count). The summed E-state index contributed by atoms with van der Waals surface area (Å²) in [5, 5.41) is 19.2. The van der Waals surface area contributed by atoms with Gasteiger partial charge in [0.1, 0.15) is 11.2 Å². The summed E-state index contributed by atoms with van der Waals surface area (Å²) in [4.78, 5) is 58.9. The number of benzene rings is 4. The Morgan fingerprint density at radius 3 is 0.718 bits per heavy atom. The highest BCUT2D eigenvalue weighted by Crippen LogP contribution is 2.54. The Labute approximate surface area is 789 Å². The van der Waals surface area contributed by atoms with Crippen molar-refractivity contribution < 1.29 is 115 Å². The molecule has 0 bridgehead atoms. The molecule has 10 heterocycles. The molecule has 12 unspecified atom stereocenters. The summed E-state index contributed by atoms with van der Waals surface area (Å²) in [6.07, 6.45) is -3.97. The summed E-state index contributed by atoms with van der Waals surface area (Å²) in [5.41, 5.74) is -17.5. The van der Waals surface area contributed by atoms with Crippen molar-refractivity contribution in [3.05, 3.63) is 144 Å². The molecule has 4 aromatic rings. The molecule has 0 aromatic heterocycles. The van der Waals surface area contributed by atoms with E-state index in [0.717, 1.165) is 161 Å². The number of likely N-dealkylation sites (N-methyl/N-ethyl adjacent to an activating group) is 4. The van der Waals surface area contributed by atoms with Gasteiger partial charge in [-0.15, -0.1) is 0 Å². The molecule has 738 valence electrons. The predicted molar refractivity (Wildman–Crippen MR) is 515 cm³/mol. The topological polar surface area (TPSA) is 206 Å². The third-order valence-electron chi connectivity index (χ3n) is 26.2. The number of β-amino-alcohol motifs (C(OH)–C–C–N with tert-alkyl or cyclic N) is 2. The lowest BCUT2D eigenvalue weighted by atomic mass is 9.81. The van der Waals surface area contributed by atoms with E-state index in [-0.39, 0.29) is 40.4 Å². The zero-order valence-corrected chi connectivity index (χ0v) is 87.6. The van der Waals surface area contributed by atoms with Crippen molar-refractivity contribution >= 4 is 131 Å². The molecular weight excluding hydrogens is 1960 g/mol. The monoisotopic (exact) mass is 2090 g/mol. The Balaban J connectivity index is 0.000000182. The van der Waals surface area contributed by atoms with Gasteiger partial charge < -0.3 is 53.2 Å². The van der Waals surface area contributed by atoms with E-state index in [1.54, 1.807) is 18.2 Å². The number of nitrogens with zero attached hydrogens (tertiary/aromatic N) is 10. The van der Waals surface area contributed by atoms with Crippen LogP contribution in [0.25, 0.3) is 0 Å². The maximum atomic E-state index is 14.2. The molecule has 47 heteroatoms. The number of piperidine rings is 5. The quantitative estimate of drug-likeness (QED) is 0.0208. The highest BCUT2D eigenvalue weighted by Gasteiger charge is 2.71. The Morgan fingerprint density at radius 1 is 0.336 bits per heavy atom. The fraction of sp³-hybridized carbons (Fsp3) is 0.667. The zero-order chi connectivity index (χ0) is 96.6. The molecule has 10 saturated heterocycles. The first-order valence-electron chi connectivity index (χ1n) is 43.2. The molecule has 10 aliphatic rings. The van der Waals surface area contributed by atoms with Crippen LogP contribution >= 0.6 is 108 Å². The van der Waals surface area contributed by atoms with Crippen molar-refractivity contribution in [2.24, 2.45) is 0 Å². The molecule has 20 atom stereocenters. The van der Waals surface area contributed by atoms with Crippen molar-refractivity contribution in [2.45, 2.75) is 202 Å². The van der Waals surface area contributed by atoms with Crippen LogP contribution in [0.3, 0.4) is 0 Å². The summed E-state index contributed by atoms with van der Waals surface area (Å²) in [6.45, 7) is 10.6. The van der Waals surface area contributed by atoms with Crippen LogP contribution in [0.5, 0.6) is 0 Å². The number of methoxy groups -OCH3 is 4. The second-order valence-corrected chi connectivity index (χ2v) is 44.2. The molecule has 23 nitrogen and oxygen atoms in total. The summed E-state index contributed by atoms with van der Waals surface area (Å²) >= 11 is 5.04. The van der Waals surface area contributed by atoms with Gasteiger partial charge >= 0.3 is 42.6 Å². The van der Waals surface area contributed by atoms with Crippen LogP contribution < -0.4 is 0 Å². The van der Waals surface area contributed by atoms with Gasteiger partial charge in [-0.2, -0.15) is 52.7 Å². The molecule has 0 amide bonds. The van der Waals surface area contributed by atoms with Gasteiger partial charge in [0.2, 0.25) is 0 Å². The van der Waals surface area contributed by atoms with Gasteiger partial charge in [0.15, 0.2) is 16.8 Å². The van der Waals surface area contributed by atoms with E-state index in [1.807, 2.05) is 28.6 Å². The number of likely N-dealkylation sites (tertiary alicyclic amines) is 4. The van der Waals surface area contributed by atoms with Gasteiger partial charge in [0, 0.05) is 161 Å². The van der Waals surface area contributed by atoms with Crippen molar-refractivity contribution in [2.75, 3.05) is 155 Å². The Kier molecular flexibility index (Phi) is 41.9. The number of carbonyl (C=O) groups is 4. The second-order valence-electron chi connectivity index (χ2n) is 35.1. The van der Waals surface area contributed by atoms with E-state index in [1.165, 1.54) is 143 Å². The van der Waals surface area contributed by atoms with Crippen molar-refractivity contribution in [3.8, 4) is 0 Å². The van der Waals surface area contributed by atoms with E-state index in [2.05, 4.69) is 106 Å². The van der Waals surface area contributed by atoms with E-state index in [0.29, 0.717) is 76.6 Å². The largest absolute Gasteiger partial charge is 0.452 e. The average molecular weight is 2090 g/mol. The minimum Gasteiger partial charge on any atom is -0.452 e. The summed E-state index contributed by atoms with van der Waals surface area (Å²) < 4.78 is 216. The number of carbonyl (C=O) groups excluding carboxylic acids is 4. The smallest absolute Gasteiger partial charge is 0.432 e. The Hall–Kier alpha value is -1.50. The van der Waals surface area contributed by atoms with Gasteiger partial charge in [0.25, 0.3) is 27.6 Å². The fourth-order valence-corrected chi connectivity index (χ4v) is 29.8. The lowest BCUT2D eigenvalue weighted by molar-refractivity contribution is -0.288. The highest BCUT2D eigenvalue weighted by molar-refractivity contribution is 8.02. The fourth-order valence-electron chi connectivity index (χ4n) is 20.1. The van der Waals surface area contributed by atoms with Gasteiger partial charge in [0.05, 0.1) is 18.1 Å². The molecule has 0 spiro atoms. The third-order valence-corrected chi connectivity index (χ3v) is 36.2. The van der Waals surface area contributed by atoms with E-state index in [9.17, 15) is 82.1 Å². The summed E-state index contributed by atoms with van der Waals surface area (Å²) in [6, 6.07) is 28.0. The van der Waals surface area contributed by atoms with E-state index in [4.69, 9.17) is 40.0 Å². The third kappa shape index (κ3) is 25.1. The molecule has 131 heavy (non-hydrogen) atoms. The molecule has 10 aliphatic heterocycles. The van der Waals surface area contributed by atoms with Crippen LogP contribution in [0.4, 0.5) is 52.7 Å². The Morgan fingerprint density at radius 2 is 0.534 bits per heavy atom. The minimum absolute atomic E-state index is 0.106. The van der Waals surface area contributed by atoms with Gasteiger partial charge in [-0.05, 0) is 146 Å². The van der Waals surface area contributed by atoms with Crippen LogP contribution in [0, 0.1) is 0 Å². The van der Waals surface area contributed by atoms with Gasteiger partial charge in [-0.25, -0.2) is 14.4 Å². The molecule has 2 N–H and O–H groups in total. The van der Waals surface area contributed by atoms with Gasteiger partial charge in [-0.1, -0.05) is 207 Å². The van der Waals surface area contributed by atoms with Crippen molar-refractivity contribution in [1.29, 1.82) is 0 Å². The number of aliphatic hydroxyl groups is 2. The Bertz CT molecular complexity index is 3930. The SMILES string of the molecule is CN1CC(O)([C@@H]2CCCCN2PP)C1.CN1CC(O)([C@H]2CCCCN2PP)C1.CO[C@](C(=O)Cl)(c1ccccc1)C(F)(F)F.CO[C@](C(=O)OC1(C2CCCCN2PP)CN(P)C1)(c1ccccc1)C(F)(F)F.CO[C@](C(=O)OC1([C@@H]2CCCCN2PP)CN(C)C1)(c1ccccc1)C(F)(F)F.CO[C@](C(=O)OC1([C@H]2CCCCN2PP)CN(C)C1)(c1ccccc1)C(F)(F)F. The predicted octanol–water partition coefficient (Wildman–Crippen LogP) is 15.5. The van der Waals surface area contributed by atoms with Crippen LogP contribution in [0.1, 0.15) is 119 Å². The number of rotatable bonds is 25. The lowest BCUT2D eigenvalue weighted by Gasteiger charge is -2.56. The summed E-state index contributed by atoms with van der Waals surface area (Å²) in [5.74, 6) is -4.21. The summed E-state index contributed by atoms with van der Waals surface area (Å²) in [7, 11) is 30.4. The number of esters is 3. The molecule has 4 aromatic carbocycles. The van der Waals surface area contributed by atoms with Crippen LogP contribution in [0.15, 0.2) is 121 Å². The number of halogens is 13. The second kappa shape index (κ2) is 48.5.